The van der Waals surface area contributed by atoms with Crippen LogP contribution in [0.25, 0.3) is 0 Å². The highest BCUT2D eigenvalue weighted by atomic mass is 32.3. The zero-order valence-corrected chi connectivity index (χ0v) is 16.8. The van der Waals surface area contributed by atoms with Crippen molar-refractivity contribution in [3.05, 3.63) is 0 Å². The van der Waals surface area contributed by atoms with E-state index in [9.17, 15) is 17.2 Å². The third-order valence-electron chi connectivity index (χ3n) is 3.59. The summed E-state index contributed by atoms with van der Waals surface area (Å²) >= 11 is 0. The van der Waals surface area contributed by atoms with Crippen LogP contribution in [-0.4, -0.2) is 60.5 Å². The van der Waals surface area contributed by atoms with Gasteiger partial charge in [0.15, 0.2) is 0 Å². The van der Waals surface area contributed by atoms with Crippen LogP contribution in [0.15, 0.2) is 0 Å². The predicted octanol–water partition coefficient (Wildman–Crippen LogP) is 2.45. The molecule has 0 amide bonds. The van der Waals surface area contributed by atoms with Crippen LogP contribution in [0.1, 0.15) is 58.3 Å². The van der Waals surface area contributed by atoms with E-state index < -0.39 is 19.6 Å². The minimum absolute atomic E-state index is 0.0136. The summed E-state index contributed by atoms with van der Waals surface area (Å²) in [6.07, 6.45) is 8.23. The Balaban J connectivity index is 4.25. The second-order valence-electron chi connectivity index (χ2n) is 6.87. The molecule has 0 aromatic rings. The van der Waals surface area contributed by atoms with Gasteiger partial charge in [-0.2, -0.15) is 4.21 Å². The van der Waals surface area contributed by atoms with Crippen molar-refractivity contribution in [3.63, 3.8) is 0 Å². The van der Waals surface area contributed by atoms with E-state index in [1.54, 1.807) is 0 Å². The first-order valence-electron chi connectivity index (χ1n) is 8.49. The van der Waals surface area contributed by atoms with Gasteiger partial charge in [0.1, 0.15) is 0 Å². The number of sulfonamides is 1. The van der Waals surface area contributed by atoms with Gasteiger partial charge in [0.05, 0.1) is 5.75 Å². The minimum atomic E-state index is -4.30. The third kappa shape index (κ3) is 14.1. The van der Waals surface area contributed by atoms with Crippen LogP contribution in [0.3, 0.4) is 0 Å². The van der Waals surface area contributed by atoms with Crippen molar-refractivity contribution in [1.29, 1.82) is 0 Å². The average molecular weight is 373 g/mol. The number of hydrogen-bond acceptors (Lipinski definition) is 4. The van der Waals surface area contributed by atoms with Crippen LogP contribution in [0.4, 0.5) is 0 Å². The molecule has 0 aromatic carbocycles. The van der Waals surface area contributed by atoms with Gasteiger partial charge in [-0.05, 0) is 39.9 Å². The van der Waals surface area contributed by atoms with E-state index in [1.165, 1.54) is 6.42 Å². The summed E-state index contributed by atoms with van der Waals surface area (Å²) in [7, 11) is -4.18. The number of unbranched alkanes of at least 4 members (excludes halogenated alkanes) is 6. The molecule has 0 unspecified atom stereocenters. The average Bonchev–Trinajstić information content (AvgIpc) is 2.36. The number of rotatable bonds is 14. The van der Waals surface area contributed by atoms with E-state index in [0.717, 1.165) is 44.9 Å². The maximum Gasteiger partial charge on any atom is 0.227 e. The molecule has 6 nitrogen and oxygen atoms in total. The van der Waals surface area contributed by atoms with E-state index in [1.807, 2.05) is 19.0 Å². The molecule has 0 bridgehead atoms. The summed E-state index contributed by atoms with van der Waals surface area (Å²) in [5, 5.41) is 0. The van der Waals surface area contributed by atoms with E-state index in [0.29, 0.717) is 12.8 Å². The number of nitrogens with one attached hydrogen (secondary N) is 1. The van der Waals surface area contributed by atoms with Crippen molar-refractivity contribution < 1.29 is 17.2 Å². The Morgan fingerprint density at radius 2 is 1.57 bits per heavy atom. The summed E-state index contributed by atoms with van der Waals surface area (Å²) in [6.45, 7) is 2.94. The summed E-state index contributed by atoms with van der Waals surface area (Å²) in [5.41, 5.74) is 0. The van der Waals surface area contributed by atoms with Gasteiger partial charge in [0.25, 0.3) is 0 Å². The van der Waals surface area contributed by atoms with Gasteiger partial charge in [0, 0.05) is 12.0 Å². The smallest absolute Gasteiger partial charge is 0.227 e. The largest absolute Gasteiger partial charge is 0.309 e. The zero-order valence-electron chi connectivity index (χ0n) is 15.2. The van der Waals surface area contributed by atoms with E-state index in [-0.39, 0.29) is 11.5 Å². The molecule has 8 heteroatoms. The second-order valence-corrected chi connectivity index (χ2v) is 12.5. The number of hydrogen-bond donors (Lipinski definition) is 2. The van der Waals surface area contributed by atoms with Gasteiger partial charge >= 0.3 is 0 Å². The molecule has 0 saturated heterocycles. The van der Waals surface area contributed by atoms with Crippen LogP contribution >= 0.6 is 0 Å². The molecule has 142 valence electrons. The Bertz CT molecular complexity index is 484. The first-order valence-corrected chi connectivity index (χ1v) is 12.6. The fourth-order valence-electron chi connectivity index (χ4n) is 2.35. The Labute approximate surface area is 142 Å². The molecule has 0 aliphatic rings. The SMILES string of the molecule is CCCCCCCCS(C)(=O)(O)NS(=O)(=O)CCCCN(C)C. The molecule has 0 atom stereocenters. The second kappa shape index (κ2) is 10.1. The van der Waals surface area contributed by atoms with Gasteiger partial charge in [-0.3, -0.25) is 4.55 Å². The molecule has 0 fully saturated rings. The van der Waals surface area contributed by atoms with Crippen LogP contribution in [0.5, 0.6) is 0 Å². The highest BCUT2D eigenvalue weighted by Crippen LogP contribution is 2.18. The topological polar surface area (TPSA) is 86.7 Å². The quantitative estimate of drug-likeness (QED) is 0.457. The third-order valence-corrected chi connectivity index (χ3v) is 8.39. The molecular formula is C15H36N2O4S2. The molecule has 0 rings (SSSR count). The summed E-state index contributed by atoms with van der Waals surface area (Å²) in [6, 6.07) is 0. The first kappa shape index (κ1) is 23.0. The van der Waals surface area contributed by atoms with E-state index in [4.69, 9.17) is 0 Å². The Morgan fingerprint density at radius 3 is 2.13 bits per heavy atom. The normalized spacial score (nSPS) is 14.8. The molecule has 23 heavy (non-hydrogen) atoms. The molecule has 2 N–H and O–H groups in total. The monoisotopic (exact) mass is 372 g/mol. The lowest BCUT2D eigenvalue weighted by Crippen LogP contribution is -2.52. The molecule has 0 aliphatic carbocycles. The highest BCUT2D eigenvalue weighted by molar-refractivity contribution is 8.19. The lowest BCUT2D eigenvalue weighted by molar-refractivity contribution is 0.398. The molecule has 0 aromatic heterocycles. The summed E-state index contributed by atoms with van der Waals surface area (Å²) < 4.78 is 48.8. The number of nitrogens with zero attached hydrogens (tertiary/aromatic N) is 1. The van der Waals surface area contributed by atoms with Gasteiger partial charge in [-0.25, -0.2) is 8.42 Å². The van der Waals surface area contributed by atoms with Crippen LogP contribution in [0.2, 0.25) is 0 Å². The maximum absolute atomic E-state index is 12.5. The molecule has 0 saturated carbocycles. The Hall–Kier alpha value is -0.0200. The molecular weight excluding hydrogens is 336 g/mol. The van der Waals surface area contributed by atoms with Crippen molar-refractivity contribution >= 4 is 19.6 Å². The van der Waals surface area contributed by atoms with Crippen molar-refractivity contribution in [3.8, 4) is 0 Å². The van der Waals surface area contributed by atoms with Crippen molar-refractivity contribution in [2.24, 2.45) is 0 Å². The van der Waals surface area contributed by atoms with E-state index >= 15 is 0 Å². The molecule has 0 spiro atoms. The fraction of sp³-hybridized carbons (Fsp3) is 1.00. The zero-order chi connectivity index (χ0) is 18.0. The Kier molecular flexibility index (Phi) is 10.1. The first-order chi connectivity index (χ1) is 10.5. The summed E-state index contributed by atoms with van der Waals surface area (Å²) in [4.78, 5) is 1.98. The maximum atomic E-state index is 12.5. The highest BCUT2D eigenvalue weighted by Gasteiger charge is 2.27. The van der Waals surface area contributed by atoms with Crippen molar-refractivity contribution in [2.45, 2.75) is 58.3 Å². The van der Waals surface area contributed by atoms with Gasteiger partial charge < -0.3 is 4.90 Å². The van der Waals surface area contributed by atoms with Crippen LogP contribution < -0.4 is 4.13 Å². The molecule has 0 heterocycles. The van der Waals surface area contributed by atoms with Crippen LogP contribution in [0, 0.1) is 0 Å². The summed E-state index contributed by atoms with van der Waals surface area (Å²) in [5.74, 6) is -0.124. The van der Waals surface area contributed by atoms with Gasteiger partial charge in [-0.1, -0.05) is 39.0 Å². The van der Waals surface area contributed by atoms with E-state index in [2.05, 4.69) is 11.1 Å². The Morgan fingerprint density at radius 1 is 1.00 bits per heavy atom. The van der Waals surface area contributed by atoms with Gasteiger partial charge in [-0.15, -0.1) is 13.7 Å². The van der Waals surface area contributed by atoms with Crippen molar-refractivity contribution in [2.75, 3.05) is 38.4 Å². The lowest BCUT2D eigenvalue weighted by atomic mass is 10.1. The molecule has 0 aliphatic heterocycles. The minimum Gasteiger partial charge on any atom is -0.309 e. The van der Waals surface area contributed by atoms with Gasteiger partial charge in [0.2, 0.25) is 10.0 Å². The predicted molar refractivity (Wildman–Crippen MR) is 99.6 cm³/mol. The van der Waals surface area contributed by atoms with Crippen LogP contribution in [-0.2, 0) is 19.6 Å². The molecule has 0 radical (unpaired) electrons. The van der Waals surface area contributed by atoms with Crippen molar-refractivity contribution in [1.82, 2.24) is 9.03 Å². The fourth-order valence-corrected chi connectivity index (χ4v) is 7.09. The lowest BCUT2D eigenvalue weighted by Gasteiger charge is -2.38. The standard InChI is InChI=1S/C15H36N2O4S2/c1-5-6-7-8-9-12-15-23(4,20,21)16-22(18,19)14-11-10-13-17(2)3/h5-15H2,1-4H3,(H2,16,20,21).